The zero-order valence-corrected chi connectivity index (χ0v) is 15.6. The summed E-state index contributed by atoms with van der Waals surface area (Å²) >= 11 is 3.17. The summed E-state index contributed by atoms with van der Waals surface area (Å²) in [6, 6.07) is 9.71. The fourth-order valence-corrected chi connectivity index (χ4v) is 4.58. The molecule has 1 aromatic carbocycles. The molecule has 0 amide bonds. The summed E-state index contributed by atoms with van der Waals surface area (Å²) in [5.74, 6) is 0. The van der Waals surface area contributed by atoms with Gasteiger partial charge in [0.1, 0.15) is 10.0 Å². The van der Waals surface area contributed by atoms with Gasteiger partial charge in [0.15, 0.2) is 0 Å². The lowest BCUT2D eigenvalue weighted by molar-refractivity contribution is 0.315. The minimum absolute atomic E-state index is 0.121. The van der Waals surface area contributed by atoms with Crippen LogP contribution in [0.3, 0.4) is 0 Å². The van der Waals surface area contributed by atoms with Crippen LogP contribution in [0.15, 0.2) is 35.1 Å². The Kier molecular flexibility index (Phi) is 4.32. The second-order valence-corrected chi connectivity index (χ2v) is 8.03. The zero-order valence-electron chi connectivity index (χ0n) is 14.0. The predicted molar refractivity (Wildman–Crippen MR) is 101 cm³/mol. The van der Waals surface area contributed by atoms with Crippen molar-refractivity contribution in [2.75, 3.05) is 7.05 Å². The Hall–Kier alpha value is -2.16. The monoisotopic (exact) mass is 371 g/mol. The highest BCUT2D eigenvalue weighted by Crippen LogP contribution is 2.22. The van der Waals surface area contributed by atoms with Gasteiger partial charge in [-0.15, -0.1) is 11.3 Å². The Labute approximate surface area is 152 Å². The third-order valence-corrected chi connectivity index (χ3v) is 5.89. The number of nitrogens with zero attached hydrogens (tertiary/aromatic N) is 5. The van der Waals surface area contributed by atoms with E-state index in [0.717, 1.165) is 34.2 Å². The van der Waals surface area contributed by atoms with Crippen molar-refractivity contribution in [3.05, 3.63) is 56.4 Å². The normalized spacial score (nSPS) is 11.8. The third kappa shape index (κ3) is 3.33. The predicted octanol–water partition coefficient (Wildman–Crippen LogP) is 2.96. The standard InChI is InChI=1S/C17H17N5OS2/c1-3-14-20-22-16(23)8-11(18-17(22)25-14)9-21(2)10-15-19-12-6-4-5-7-13(12)24-15/h4-8H,3,9-10H2,1-2H3. The summed E-state index contributed by atoms with van der Waals surface area (Å²) < 4.78 is 2.58. The first-order valence-corrected chi connectivity index (χ1v) is 9.67. The van der Waals surface area contributed by atoms with Crippen LogP contribution in [0.2, 0.25) is 0 Å². The van der Waals surface area contributed by atoms with E-state index < -0.39 is 0 Å². The average molecular weight is 371 g/mol. The average Bonchev–Trinajstić information content (AvgIpc) is 3.17. The van der Waals surface area contributed by atoms with Crippen molar-refractivity contribution in [1.82, 2.24) is 24.5 Å². The molecule has 0 aliphatic rings. The Balaban J connectivity index is 1.54. The van der Waals surface area contributed by atoms with Crippen molar-refractivity contribution in [3.8, 4) is 0 Å². The molecule has 25 heavy (non-hydrogen) atoms. The van der Waals surface area contributed by atoms with Crippen molar-refractivity contribution < 1.29 is 0 Å². The van der Waals surface area contributed by atoms with Crippen LogP contribution in [0.25, 0.3) is 15.2 Å². The molecule has 0 saturated carbocycles. The van der Waals surface area contributed by atoms with Gasteiger partial charge in [-0.05, 0) is 25.6 Å². The molecule has 4 rings (SSSR count). The van der Waals surface area contributed by atoms with Gasteiger partial charge >= 0.3 is 0 Å². The number of fused-ring (bicyclic) bond motifs is 2. The Morgan fingerprint density at radius 2 is 1.96 bits per heavy atom. The molecular weight excluding hydrogens is 354 g/mol. The fraction of sp³-hybridized carbons (Fsp3) is 0.294. The first kappa shape index (κ1) is 16.3. The number of para-hydroxylation sites is 1. The van der Waals surface area contributed by atoms with Gasteiger partial charge in [0.05, 0.1) is 22.5 Å². The Bertz CT molecular complexity index is 1060. The lowest BCUT2D eigenvalue weighted by Gasteiger charge is -2.14. The summed E-state index contributed by atoms with van der Waals surface area (Å²) in [5.41, 5.74) is 1.68. The highest BCUT2D eigenvalue weighted by molar-refractivity contribution is 7.18. The second-order valence-electron chi connectivity index (χ2n) is 5.88. The number of hydrogen-bond acceptors (Lipinski definition) is 7. The van der Waals surface area contributed by atoms with Gasteiger partial charge in [-0.1, -0.05) is 30.4 Å². The van der Waals surface area contributed by atoms with E-state index in [-0.39, 0.29) is 5.56 Å². The zero-order chi connectivity index (χ0) is 17.4. The molecule has 0 unspecified atom stereocenters. The third-order valence-electron chi connectivity index (χ3n) is 3.82. The number of rotatable bonds is 5. The van der Waals surface area contributed by atoms with Gasteiger partial charge in [-0.25, -0.2) is 9.97 Å². The quantitative estimate of drug-likeness (QED) is 0.540. The van der Waals surface area contributed by atoms with Gasteiger partial charge in [0.25, 0.3) is 5.56 Å². The molecule has 0 saturated heterocycles. The molecule has 0 aliphatic heterocycles. The van der Waals surface area contributed by atoms with E-state index in [1.165, 1.54) is 20.6 Å². The second kappa shape index (κ2) is 6.62. The van der Waals surface area contributed by atoms with E-state index >= 15 is 0 Å². The van der Waals surface area contributed by atoms with Crippen LogP contribution < -0.4 is 5.56 Å². The van der Waals surface area contributed by atoms with Crippen LogP contribution in [-0.4, -0.2) is 31.5 Å². The lowest BCUT2D eigenvalue weighted by atomic mass is 10.3. The molecule has 0 radical (unpaired) electrons. The molecule has 128 valence electrons. The SMILES string of the molecule is CCc1nn2c(=O)cc(CN(C)Cc3nc4ccccc4s3)nc2s1. The molecule has 0 aliphatic carbocycles. The lowest BCUT2D eigenvalue weighted by Crippen LogP contribution is -2.21. The molecule has 0 fully saturated rings. The molecule has 8 heteroatoms. The molecular formula is C17H17N5OS2. The maximum Gasteiger partial charge on any atom is 0.275 e. The van der Waals surface area contributed by atoms with Gasteiger partial charge in [0, 0.05) is 12.6 Å². The Morgan fingerprint density at radius 3 is 2.76 bits per heavy atom. The van der Waals surface area contributed by atoms with Gasteiger partial charge in [-0.3, -0.25) is 9.69 Å². The highest BCUT2D eigenvalue weighted by Gasteiger charge is 2.11. The first-order valence-electron chi connectivity index (χ1n) is 8.04. The van der Waals surface area contributed by atoms with Crippen molar-refractivity contribution in [2.24, 2.45) is 0 Å². The number of benzene rings is 1. The number of aryl methyl sites for hydroxylation is 1. The van der Waals surface area contributed by atoms with Crippen LogP contribution in [0.5, 0.6) is 0 Å². The van der Waals surface area contributed by atoms with Crippen LogP contribution in [-0.2, 0) is 19.5 Å². The van der Waals surface area contributed by atoms with Crippen LogP contribution >= 0.6 is 22.7 Å². The van der Waals surface area contributed by atoms with E-state index in [1.807, 2.05) is 32.2 Å². The smallest absolute Gasteiger partial charge is 0.275 e. The van der Waals surface area contributed by atoms with Gasteiger partial charge in [-0.2, -0.15) is 9.61 Å². The molecule has 0 bridgehead atoms. The van der Waals surface area contributed by atoms with E-state index in [2.05, 4.69) is 26.0 Å². The van der Waals surface area contributed by atoms with E-state index in [9.17, 15) is 4.79 Å². The fourth-order valence-electron chi connectivity index (χ4n) is 2.67. The summed E-state index contributed by atoms with van der Waals surface area (Å²) in [4.78, 5) is 24.3. The molecule has 0 atom stereocenters. The number of hydrogen-bond donors (Lipinski definition) is 0. The summed E-state index contributed by atoms with van der Waals surface area (Å²) in [6.07, 6.45) is 0.806. The minimum Gasteiger partial charge on any atom is -0.294 e. The number of aromatic nitrogens is 4. The summed E-state index contributed by atoms with van der Waals surface area (Å²) in [5, 5.41) is 6.26. The molecule has 3 aromatic heterocycles. The van der Waals surface area contributed by atoms with Crippen molar-refractivity contribution in [1.29, 1.82) is 0 Å². The van der Waals surface area contributed by atoms with Crippen molar-refractivity contribution in [2.45, 2.75) is 26.4 Å². The Morgan fingerprint density at radius 1 is 1.12 bits per heavy atom. The first-order chi connectivity index (χ1) is 12.1. The molecule has 3 heterocycles. The largest absolute Gasteiger partial charge is 0.294 e. The van der Waals surface area contributed by atoms with E-state index in [1.54, 1.807) is 17.4 Å². The van der Waals surface area contributed by atoms with Crippen LogP contribution in [0.1, 0.15) is 22.6 Å². The minimum atomic E-state index is -0.121. The number of thiazole rings is 1. The van der Waals surface area contributed by atoms with Gasteiger partial charge in [0.2, 0.25) is 4.96 Å². The van der Waals surface area contributed by atoms with Crippen LogP contribution in [0.4, 0.5) is 0 Å². The van der Waals surface area contributed by atoms with Crippen LogP contribution in [0, 0.1) is 0 Å². The molecule has 4 aromatic rings. The maximum absolute atomic E-state index is 12.2. The van der Waals surface area contributed by atoms with E-state index in [4.69, 9.17) is 0 Å². The topological polar surface area (TPSA) is 63.4 Å². The summed E-state index contributed by atoms with van der Waals surface area (Å²) in [7, 11) is 2.01. The molecule has 0 spiro atoms. The van der Waals surface area contributed by atoms with E-state index in [0.29, 0.717) is 11.5 Å². The maximum atomic E-state index is 12.2. The van der Waals surface area contributed by atoms with Crippen molar-refractivity contribution in [3.63, 3.8) is 0 Å². The van der Waals surface area contributed by atoms with Crippen molar-refractivity contribution >= 4 is 37.9 Å². The highest BCUT2D eigenvalue weighted by atomic mass is 32.1. The summed E-state index contributed by atoms with van der Waals surface area (Å²) in [6.45, 7) is 3.35. The molecule has 6 nitrogen and oxygen atoms in total. The molecule has 0 N–H and O–H groups in total. The van der Waals surface area contributed by atoms with Gasteiger partial charge < -0.3 is 0 Å².